The molecule has 1 N–H and O–H groups in total. The fourth-order valence-corrected chi connectivity index (χ4v) is 2.34. The SMILES string of the molecule is CCCN(CC(=O)O)C(=O)c1ccc(S(C)(=O)=O)cc1. The van der Waals surface area contributed by atoms with E-state index in [-0.39, 0.29) is 17.0 Å². The molecule has 0 saturated carbocycles. The summed E-state index contributed by atoms with van der Waals surface area (Å²) < 4.78 is 22.6. The van der Waals surface area contributed by atoms with Gasteiger partial charge in [-0.2, -0.15) is 0 Å². The van der Waals surface area contributed by atoms with Crippen LogP contribution in [0.15, 0.2) is 29.2 Å². The lowest BCUT2D eigenvalue weighted by Gasteiger charge is -2.20. The zero-order valence-corrected chi connectivity index (χ0v) is 12.2. The Morgan fingerprint density at radius 3 is 2.15 bits per heavy atom. The summed E-state index contributed by atoms with van der Waals surface area (Å²) in [5.74, 6) is -1.51. The van der Waals surface area contributed by atoms with Gasteiger partial charge in [-0.3, -0.25) is 9.59 Å². The maximum absolute atomic E-state index is 12.1. The number of nitrogens with zero attached hydrogens (tertiary/aromatic N) is 1. The summed E-state index contributed by atoms with van der Waals surface area (Å²) in [6, 6.07) is 5.47. The van der Waals surface area contributed by atoms with E-state index in [4.69, 9.17) is 5.11 Å². The summed E-state index contributed by atoms with van der Waals surface area (Å²) in [5.41, 5.74) is 0.270. The molecule has 0 aliphatic rings. The molecule has 0 saturated heterocycles. The van der Waals surface area contributed by atoms with Gasteiger partial charge in [0.1, 0.15) is 6.54 Å². The number of rotatable bonds is 6. The fourth-order valence-electron chi connectivity index (χ4n) is 1.71. The van der Waals surface area contributed by atoms with Gasteiger partial charge in [-0.1, -0.05) is 6.92 Å². The van der Waals surface area contributed by atoms with Gasteiger partial charge in [0.25, 0.3) is 5.91 Å². The average Bonchev–Trinajstić information content (AvgIpc) is 2.36. The van der Waals surface area contributed by atoms with Crippen LogP contribution in [0.4, 0.5) is 0 Å². The van der Waals surface area contributed by atoms with Gasteiger partial charge in [0, 0.05) is 18.4 Å². The minimum absolute atomic E-state index is 0.120. The molecule has 0 bridgehead atoms. The first-order valence-electron chi connectivity index (χ1n) is 6.07. The third-order valence-electron chi connectivity index (χ3n) is 2.64. The molecule has 0 aromatic heterocycles. The Kier molecular flexibility index (Phi) is 5.26. The molecule has 110 valence electrons. The van der Waals surface area contributed by atoms with E-state index < -0.39 is 21.7 Å². The molecule has 0 radical (unpaired) electrons. The van der Waals surface area contributed by atoms with Gasteiger partial charge in [0.15, 0.2) is 9.84 Å². The van der Waals surface area contributed by atoms with Crippen molar-refractivity contribution in [1.82, 2.24) is 4.90 Å². The lowest BCUT2D eigenvalue weighted by atomic mass is 10.2. The van der Waals surface area contributed by atoms with Crippen molar-refractivity contribution >= 4 is 21.7 Å². The fraction of sp³-hybridized carbons (Fsp3) is 0.385. The van der Waals surface area contributed by atoms with Crippen molar-refractivity contribution < 1.29 is 23.1 Å². The van der Waals surface area contributed by atoms with Gasteiger partial charge in [-0.15, -0.1) is 0 Å². The van der Waals surface area contributed by atoms with Crippen LogP contribution >= 0.6 is 0 Å². The van der Waals surface area contributed by atoms with Crippen molar-refractivity contribution in [2.24, 2.45) is 0 Å². The first-order chi connectivity index (χ1) is 9.25. The van der Waals surface area contributed by atoms with Crippen molar-refractivity contribution in [3.63, 3.8) is 0 Å². The summed E-state index contributed by atoms with van der Waals surface area (Å²) >= 11 is 0. The van der Waals surface area contributed by atoms with Crippen LogP contribution < -0.4 is 0 Å². The Morgan fingerprint density at radius 2 is 1.75 bits per heavy atom. The van der Waals surface area contributed by atoms with Crippen LogP contribution in [0.25, 0.3) is 0 Å². The molecule has 6 nitrogen and oxygen atoms in total. The summed E-state index contributed by atoms with van der Waals surface area (Å²) in [6.45, 7) is 1.80. The number of carboxylic acid groups (broad SMARTS) is 1. The second kappa shape index (κ2) is 6.51. The van der Waals surface area contributed by atoms with Crippen molar-refractivity contribution in [2.45, 2.75) is 18.2 Å². The second-order valence-electron chi connectivity index (χ2n) is 4.42. The predicted octanol–water partition coefficient (Wildman–Crippen LogP) is 1.03. The van der Waals surface area contributed by atoms with E-state index in [1.807, 2.05) is 6.92 Å². The zero-order chi connectivity index (χ0) is 15.3. The summed E-state index contributed by atoms with van der Waals surface area (Å²) in [4.78, 5) is 24.2. The highest BCUT2D eigenvalue weighted by Crippen LogP contribution is 2.12. The number of carboxylic acids is 1. The number of benzene rings is 1. The average molecular weight is 299 g/mol. The van der Waals surface area contributed by atoms with Crippen LogP contribution in [-0.4, -0.2) is 49.6 Å². The van der Waals surface area contributed by atoms with Gasteiger partial charge in [0.05, 0.1) is 4.90 Å². The first-order valence-corrected chi connectivity index (χ1v) is 7.96. The number of amides is 1. The molecule has 0 aliphatic heterocycles. The van der Waals surface area contributed by atoms with E-state index in [1.165, 1.54) is 29.2 Å². The van der Waals surface area contributed by atoms with Crippen molar-refractivity contribution in [3.8, 4) is 0 Å². The standard InChI is InChI=1S/C13H17NO5S/c1-3-8-14(9-12(15)16)13(17)10-4-6-11(7-5-10)20(2,18)19/h4-7H,3,8-9H2,1-2H3,(H,15,16). The summed E-state index contributed by atoms with van der Waals surface area (Å²) in [5, 5.41) is 8.78. The molecule has 1 amide bonds. The van der Waals surface area contributed by atoms with Gasteiger partial charge >= 0.3 is 5.97 Å². The third kappa shape index (κ3) is 4.34. The van der Waals surface area contributed by atoms with Crippen LogP contribution in [0.1, 0.15) is 23.7 Å². The summed E-state index contributed by atoms with van der Waals surface area (Å²) in [7, 11) is -3.31. The number of hydrogen-bond acceptors (Lipinski definition) is 4. The van der Waals surface area contributed by atoms with E-state index in [1.54, 1.807) is 0 Å². The van der Waals surface area contributed by atoms with Crippen molar-refractivity contribution in [1.29, 1.82) is 0 Å². The van der Waals surface area contributed by atoms with E-state index in [9.17, 15) is 18.0 Å². The topological polar surface area (TPSA) is 91.8 Å². The van der Waals surface area contributed by atoms with Gasteiger partial charge < -0.3 is 10.0 Å². The molecule has 1 aromatic rings. The molecular formula is C13H17NO5S. The maximum Gasteiger partial charge on any atom is 0.323 e. The molecule has 0 aliphatic carbocycles. The van der Waals surface area contributed by atoms with E-state index in [0.717, 1.165) is 6.26 Å². The van der Waals surface area contributed by atoms with Gasteiger partial charge in [0.2, 0.25) is 0 Å². The Labute approximate surface area is 117 Å². The minimum Gasteiger partial charge on any atom is -0.480 e. The Bertz CT molecular complexity index is 592. The smallest absolute Gasteiger partial charge is 0.323 e. The summed E-state index contributed by atoms with van der Waals surface area (Å²) in [6.07, 6.45) is 1.72. The van der Waals surface area contributed by atoms with E-state index in [2.05, 4.69) is 0 Å². The number of carbonyl (C=O) groups is 2. The number of carbonyl (C=O) groups excluding carboxylic acids is 1. The van der Waals surface area contributed by atoms with Crippen LogP contribution in [0, 0.1) is 0 Å². The van der Waals surface area contributed by atoms with Crippen molar-refractivity contribution in [3.05, 3.63) is 29.8 Å². The Morgan fingerprint density at radius 1 is 1.20 bits per heavy atom. The van der Waals surface area contributed by atoms with E-state index in [0.29, 0.717) is 13.0 Å². The third-order valence-corrected chi connectivity index (χ3v) is 3.76. The Hall–Kier alpha value is -1.89. The number of hydrogen-bond donors (Lipinski definition) is 1. The van der Waals surface area contributed by atoms with Crippen LogP contribution in [0.3, 0.4) is 0 Å². The van der Waals surface area contributed by atoms with Crippen LogP contribution in [0.5, 0.6) is 0 Å². The normalized spacial score (nSPS) is 11.1. The van der Waals surface area contributed by atoms with Gasteiger partial charge in [-0.05, 0) is 30.7 Å². The lowest BCUT2D eigenvalue weighted by Crippen LogP contribution is -2.36. The highest BCUT2D eigenvalue weighted by atomic mass is 32.2. The monoisotopic (exact) mass is 299 g/mol. The lowest BCUT2D eigenvalue weighted by molar-refractivity contribution is -0.137. The molecule has 7 heteroatoms. The van der Waals surface area contributed by atoms with Crippen molar-refractivity contribution in [2.75, 3.05) is 19.3 Å². The van der Waals surface area contributed by atoms with Crippen LogP contribution in [-0.2, 0) is 14.6 Å². The molecular weight excluding hydrogens is 282 g/mol. The molecule has 0 atom stereocenters. The molecule has 0 spiro atoms. The Balaban J connectivity index is 2.97. The highest BCUT2D eigenvalue weighted by Gasteiger charge is 2.18. The number of aliphatic carboxylic acids is 1. The first kappa shape index (κ1) is 16.2. The quantitative estimate of drug-likeness (QED) is 0.847. The molecule has 1 rings (SSSR count). The van der Waals surface area contributed by atoms with E-state index >= 15 is 0 Å². The molecule has 1 aromatic carbocycles. The predicted molar refractivity (Wildman–Crippen MR) is 73.4 cm³/mol. The zero-order valence-electron chi connectivity index (χ0n) is 11.4. The number of sulfone groups is 1. The molecule has 20 heavy (non-hydrogen) atoms. The second-order valence-corrected chi connectivity index (χ2v) is 6.43. The van der Waals surface area contributed by atoms with Crippen LogP contribution in [0.2, 0.25) is 0 Å². The van der Waals surface area contributed by atoms with Gasteiger partial charge in [-0.25, -0.2) is 8.42 Å². The molecule has 0 unspecified atom stereocenters. The largest absolute Gasteiger partial charge is 0.480 e. The minimum atomic E-state index is -3.31. The molecule has 0 fully saturated rings. The molecule has 0 heterocycles. The highest BCUT2D eigenvalue weighted by molar-refractivity contribution is 7.90. The maximum atomic E-state index is 12.1.